The second kappa shape index (κ2) is 22.7. The normalized spacial score (nSPS) is 13.8. The molecule has 0 saturated heterocycles. The maximum Gasteiger partial charge on any atom is 1.00 e. The largest absolute Gasteiger partial charge is 1.00 e. The number of hydrogen-bond donors (Lipinski definition) is 1. The molecule has 0 aromatic rings. The van der Waals surface area contributed by atoms with Crippen LogP contribution in [-0.2, 0) is 10.1 Å². The second-order valence-electron chi connectivity index (χ2n) is 8.52. The molecule has 0 aromatic heterocycles. The molecule has 6 heteroatoms. The van der Waals surface area contributed by atoms with Gasteiger partial charge in [0.05, 0.1) is 16.2 Å². The molecule has 4 nitrogen and oxygen atoms in total. The van der Waals surface area contributed by atoms with E-state index in [-0.39, 0.29) is 57.5 Å². The molecule has 170 valence electrons. The first kappa shape index (κ1) is 32.7. The molecule has 2 atom stereocenters. The molecule has 0 amide bonds. The van der Waals surface area contributed by atoms with Crippen molar-refractivity contribution in [1.82, 2.24) is 0 Å². The predicted molar refractivity (Wildman–Crippen MR) is 119 cm³/mol. The van der Waals surface area contributed by atoms with Gasteiger partial charge in [-0.3, -0.25) is 0 Å². The van der Waals surface area contributed by atoms with Crippen LogP contribution in [0, 0.1) is 0 Å². The van der Waals surface area contributed by atoms with Gasteiger partial charge in [-0.1, -0.05) is 110 Å². The third kappa shape index (κ3) is 22.5. The minimum atomic E-state index is -4.15. The van der Waals surface area contributed by atoms with Gasteiger partial charge in [0.1, 0.15) is 0 Å². The zero-order valence-electron chi connectivity index (χ0n) is 19.7. The zero-order chi connectivity index (χ0) is 21.1. The van der Waals surface area contributed by atoms with E-state index in [9.17, 15) is 18.1 Å². The van der Waals surface area contributed by atoms with Crippen molar-refractivity contribution in [2.24, 2.45) is 0 Å². The van der Waals surface area contributed by atoms with Crippen LogP contribution in [0.25, 0.3) is 0 Å². The summed E-state index contributed by atoms with van der Waals surface area (Å²) in [5.74, 6) is 0. The fraction of sp³-hybridized carbons (Fsp3) is 1.00. The molecule has 0 aliphatic carbocycles. The molecule has 1 N–H and O–H groups in total. The molecule has 0 saturated carbocycles. The molecule has 0 spiro atoms. The molecule has 0 aromatic carbocycles. The summed E-state index contributed by atoms with van der Waals surface area (Å²) in [6.45, 7) is 4.25. The average molecular weight is 459 g/mol. The first-order chi connectivity index (χ1) is 13.4. The summed E-state index contributed by atoms with van der Waals surface area (Å²) in [7, 11) is -4.15. The van der Waals surface area contributed by atoms with Crippen molar-refractivity contribution in [3.8, 4) is 0 Å². The van der Waals surface area contributed by atoms with Crippen LogP contribution >= 0.6 is 0 Å². The van der Waals surface area contributed by atoms with Gasteiger partial charge in [-0.05, 0) is 25.7 Å². The van der Waals surface area contributed by atoms with Gasteiger partial charge in [0, 0.05) is 5.25 Å². The molecule has 0 radical (unpaired) electrons. The SMILES string of the molecule is CCCCCCCCCCC(O)CCCCCCCC(CCCC)S(=O)(=O)[O-].[K+]. The molecule has 0 heterocycles. The number of aliphatic hydroxyl groups excluding tert-OH is 1. The van der Waals surface area contributed by atoms with Gasteiger partial charge in [0.25, 0.3) is 0 Å². The van der Waals surface area contributed by atoms with Crippen LogP contribution in [0.3, 0.4) is 0 Å². The van der Waals surface area contributed by atoms with E-state index in [4.69, 9.17) is 0 Å². The molecule has 0 rings (SSSR count). The summed E-state index contributed by atoms with van der Waals surface area (Å²) in [5.41, 5.74) is 0. The molecule has 0 bridgehead atoms. The van der Waals surface area contributed by atoms with E-state index in [1.807, 2.05) is 6.92 Å². The maximum atomic E-state index is 11.3. The Morgan fingerprint density at radius 3 is 1.38 bits per heavy atom. The molecule has 0 aliphatic rings. The molecule has 0 fully saturated rings. The fourth-order valence-corrected chi connectivity index (χ4v) is 4.72. The van der Waals surface area contributed by atoms with Gasteiger partial charge in [0.15, 0.2) is 0 Å². The van der Waals surface area contributed by atoms with Crippen LogP contribution in [0.15, 0.2) is 0 Å². The summed E-state index contributed by atoms with van der Waals surface area (Å²) >= 11 is 0. The standard InChI is InChI=1S/C23H48O4S.K/c1-3-5-7-8-9-10-12-15-18-22(24)19-16-13-11-14-17-21-23(20-6-4-2)28(25,26)27;/h22-24H,3-21H2,1-2H3,(H,25,26,27);/q;+1/p-1. The van der Waals surface area contributed by atoms with Crippen molar-refractivity contribution in [3.63, 3.8) is 0 Å². The van der Waals surface area contributed by atoms with Gasteiger partial charge in [-0.2, -0.15) is 0 Å². The Morgan fingerprint density at radius 2 is 0.966 bits per heavy atom. The molecule has 29 heavy (non-hydrogen) atoms. The van der Waals surface area contributed by atoms with Gasteiger partial charge < -0.3 is 9.66 Å². The first-order valence-electron chi connectivity index (χ1n) is 12.0. The van der Waals surface area contributed by atoms with Crippen molar-refractivity contribution in [1.29, 1.82) is 0 Å². The minimum Gasteiger partial charge on any atom is -0.748 e. The van der Waals surface area contributed by atoms with Crippen LogP contribution in [0.4, 0.5) is 0 Å². The van der Waals surface area contributed by atoms with Gasteiger partial charge in [-0.15, -0.1) is 0 Å². The second-order valence-corrected chi connectivity index (χ2v) is 10.2. The maximum absolute atomic E-state index is 11.3. The van der Waals surface area contributed by atoms with E-state index in [0.717, 1.165) is 64.2 Å². The van der Waals surface area contributed by atoms with Crippen molar-refractivity contribution in [2.75, 3.05) is 0 Å². The van der Waals surface area contributed by atoms with E-state index in [2.05, 4.69) is 6.92 Å². The van der Waals surface area contributed by atoms with E-state index < -0.39 is 15.4 Å². The van der Waals surface area contributed by atoms with Crippen LogP contribution in [0.1, 0.15) is 136 Å². The van der Waals surface area contributed by atoms with Gasteiger partial charge >= 0.3 is 51.4 Å². The van der Waals surface area contributed by atoms with Gasteiger partial charge in [0.2, 0.25) is 0 Å². The molecule has 0 aliphatic heterocycles. The topological polar surface area (TPSA) is 77.4 Å². The van der Waals surface area contributed by atoms with E-state index in [0.29, 0.717) is 12.8 Å². The summed E-state index contributed by atoms with van der Waals surface area (Å²) < 4.78 is 33.8. The Balaban J connectivity index is 0. The molecule has 2 unspecified atom stereocenters. The van der Waals surface area contributed by atoms with Crippen molar-refractivity contribution in [3.05, 3.63) is 0 Å². The van der Waals surface area contributed by atoms with Crippen molar-refractivity contribution < 1.29 is 69.5 Å². The van der Waals surface area contributed by atoms with E-state index in [1.165, 1.54) is 44.9 Å². The summed E-state index contributed by atoms with van der Waals surface area (Å²) in [4.78, 5) is 0. The molecular weight excluding hydrogens is 411 g/mol. The predicted octanol–water partition coefficient (Wildman–Crippen LogP) is 3.72. The van der Waals surface area contributed by atoms with E-state index in [1.54, 1.807) is 0 Å². The van der Waals surface area contributed by atoms with E-state index >= 15 is 0 Å². The quantitative estimate of drug-likeness (QED) is 0.162. The molecular formula is C23H47KO4S. The summed E-state index contributed by atoms with van der Waals surface area (Å²) in [5, 5.41) is 9.37. The number of rotatable bonds is 21. The Labute approximate surface area is 224 Å². The smallest absolute Gasteiger partial charge is 0.748 e. The average Bonchev–Trinajstić information content (AvgIpc) is 2.64. The summed E-state index contributed by atoms with van der Waals surface area (Å²) in [6, 6.07) is 0. The van der Waals surface area contributed by atoms with Crippen LogP contribution in [0.2, 0.25) is 0 Å². The Kier molecular flexibility index (Phi) is 25.6. The number of aliphatic hydroxyl groups is 1. The van der Waals surface area contributed by atoms with Crippen LogP contribution in [0.5, 0.6) is 0 Å². The van der Waals surface area contributed by atoms with Crippen molar-refractivity contribution >= 4 is 10.1 Å². The Morgan fingerprint density at radius 1 is 0.621 bits per heavy atom. The third-order valence-corrected chi connectivity index (χ3v) is 7.03. The minimum absolute atomic E-state index is 0. The fourth-order valence-electron chi connectivity index (χ4n) is 3.81. The third-order valence-electron chi connectivity index (χ3n) is 5.74. The zero-order valence-corrected chi connectivity index (χ0v) is 23.6. The monoisotopic (exact) mass is 458 g/mol. The number of unbranched alkanes of at least 4 members (excludes halogenated alkanes) is 12. The Bertz CT molecular complexity index is 429. The Hall–Kier alpha value is 1.51. The van der Waals surface area contributed by atoms with Crippen LogP contribution < -0.4 is 51.4 Å². The first-order valence-corrected chi connectivity index (χ1v) is 13.5. The van der Waals surface area contributed by atoms with Crippen molar-refractivity contribution in [2.45, 2.75) is 147 Å². The van der Waals surface area contributed by atoms with Crippen LogP contribution in [-0.4, -0.2) is 29.4 Å². The summed E-state index contributed by atoms with van der Waals surface area (Å²) in [6.07, 6.45) is 19.8. The number of hydrogen-bond acceptors (Lipinski definition) is 4. The van der Waals surface area contributed by atoms with Gasteiger partial charge in [-0.25, -0.2) is 8.42 Å².